The second-order valence-electron chi connectivity index (χ2n) is 9.41. The van der Waals surface area contributed by atoms with E-state index in [-0.39, 0.29) is 6.71 Å². The quantitative estimate of drug-likeness (QED) is 0.274. The van der Waals surface area contributed by atoms with Gasteiger partial charge in [-0.05, 0) is 60.7 Å². The Labute approximate surface area is 202 Å². The summed E-state index contributed by atoms with van der Waals surface area (Å²) >= 11 is 1.96. The maximum absolute atomic E-state index is 2.51. The third kappa shape index (κ3) is 2.13. The number of fused-ring (bicyclic) bond motifs is 6. The zero-order valence-electron chi connectivity index (χ0n) is 19.0. The molecule has 8 rings (SSSR count). The number of aryl methyl sites for hydroxylation is 1. The van der Waals surface area contributed by atoms with Crippen LogP contribution in [0.1, 0.15) is 11.3 Å². The van der Waals surface area contributed by atoms with Gasteiger partial charge < -0.3 is 9.47 Å². The van der Waals surface area contributed by atoms with E-state index in [9.17, 15) is 0 Å². The van der Waals surface area contributed by atoms with E-state index >= 15 is 0 Å². The Hall–Kier alpha value is -3.76. The van der Waals surface area contributed by atoms with E-state index in [2.05, 4.69) is 114 Å². The molecule has 0 amide bonds. The lowest BCUT2D eigenvalue weighted by Crippen LogP contribution is -2.59. The number of hydrogen-bond donors (Lipinski definition) is 0. The summed E-state index contributed by atoms with van der Waals surface area (Å²) in [7, 11) is 0. The molecule has 0 bridgehead atoms. The molecule has 4 heteroatoms. The van der Waals surface area contributed by atoms with Gasteiger partial charge in [-0.25, -0.2) is 0 Å². The Bertz CT molecular complexity index is 1790. The number of thiophene rings is 1. The summed E-state index contributed by atoms with van der Waals surface area (Å²) in [5, 5.41) is 2.71. The summed E-state index contributed by atoms with van der Waals surface area (Å²) in [4.78, 5) is 2.50. The fourth-order valence-electron chi connectivity index (χ4n) is 6.28. The minimum Gasteiger partial charge on any atom is -0.315 e. The van der Waals surface area contributed by atoms with Gasteiger partial charge in [0.1, 0.15) is 0 Å². The van der Waals surface area contributed by atoms with Gasteiger partial charge in [0.05, 0.1) is 5.69 Å². The molecule has 0 N–H and O–H groups in total. The van der Waals surface area contributed by atoms with Gasteiger partial charge in [0.15, 0.2) is 0 Å². The van der Waals surface area contributed by atoms with Crippen molar-refractivity contribution in [3.63, 3.8) is 0 Å². The summed E-state index contributed by atoms with van der Waals surface area (Å²) in [5.74, 6) is 0. The molecule has 2 aromatic heterocycles. The van der Waals surface area contributed by atoms with E-state index in [0.717, 1.165) is 0 Å². The average Bonchev–Trinajstić information content (AvgIpc) is 3.38. The molecule has 4 heterocycles. The molecule has 0 spiro atoms. The van der Waals surface area contributed by atoms with Crippen LogP contribution in [0.15, 0.2) is 91.0 Å². The molecule has 0 radical (unpaired) electrons. The van der Waals surface area contributed by atoms with Crippen LogP contribution in [0.4, 0.5) is 17.1 Å². The Kier molecular flexibility index (Phi) is 3.53. The molecule has 0 saturated heterocycles. The summed E-state index contributed by atoms with van der Waals surface area (Å²) in [6, 6.07) is 33.5. The highest BCUT2D eigenvalue weighted by molar-refractivity contribution is 7.33. The number of aromatic nitrogens is 1. The minimum atomic E-state index is 0.239. The van der Waals surface area contributed by atoms with Gasteiger partial charge in [-0.1, -0.05) is 60.7 Å². The van der Waals surface area contributed by atoms with Crippen LogP contribution in [0.5, 0.6) is 0 Å². The van der Waals surface area contributed by atoms with E-state index in [0.29, 0.717) is 0 Å². The Balaban J connectivity index is 1.59. The first-order valence-corrected chi connectivity index (χ1v) is 12.7. The van der Waals surface area contributed by atoms with Crippen LogP contribution in [0.25, 0.3) is 26.7 Å². The maximum atomic E-state index is 2.51. The molecular weight excluding hydrogens is 431 g/mol. The van der Waals surface area contributed by atoms with Gasteiger partial charge >= 0.3 is 0 Å². The molecule has 2 nitrogen and oxygen atoms in total. The third-order valence-electron chi connectivity index (χ3n) is 7.81. The lowest BCUT2D eigenvalue weighted by molar-refractivity contribution is 1.04. The molecule has 0 aliphatic carbocycles. The SMILES string of the molecule is Cc1c(C)n2c3c(cccc13)B1c3sc4ccccc4c3N(c3ccccc3)c3cccc-2c31. The van der Waals surface area contributed by atoms with Crippen molar-refractivity contribution in [2.24, 2.45) is 0 Å². The van der Waals surface area contributed by atoms with Crippen LogP contribution in [0.2, 0.25) is 0 Å². The number of nitrogens with zero attached hydrogens (tertiary/aromatic N) is 2. The standard InChI is InChI=1S/C30H21BN2S/c1-18-19(2)32-24-15-9-16-25-27(24)31(23-14-8-13-21(18)28(23)32)30-29(22-12-6-7-17-26(22)34-30)33(25)20-10-4-3-5-11-20/h3-17H,1-2H3. The lowest BCUT2D eigenvalue weighted by Gasteiger charge is -2.38. The lowest BCUT2D eigenvalue weighted by atomic mass is 9.36. The van der Waals surface area contributed by atoms with Gasteiger partial charge in [-0.15, -0.1) is 11.3 Å². The van der Waals surface area contributed by atoms with Crippen molar-refractivity contribution in [2.45, 2.75) is 13.8 Å². The van der Waals surface area contributed by atoms with Gasteiger partial charge in [-0.3, -0.25) is 0 Å². The fraction of sp³-hybridized carbons (Fsp3) is 0.0667. The first-order chi connectivity index (χ1) is 16.7. The highest BCUT2D eigenvalue weighted by Crippen LogP contribution is 2.45. The minimum absolute atomic E-state index is 0.239. The molecule has 6 aromatic rings. The molecule has 0 atom stereocenters. The van der Waals surface area contributed by atoms with Gasteiger partial charge in [0, 0.05) is 48.5 Å². The molecule has 160 valence electrons. The smallest absolute Gasteiger partial charge is 0.264 e. The molecule has 2 aliphatic heterocycles. The van der Waals surface area contributed by atoms with Crippen molar-refractivity contribution in [1.29, 1.82) is 0 Å². The number of para-hydroxylation sites is 2. The van der Waals surface area contributed by atoms with Crippen LogP contribution < -0.4 is 20.6 Å². The highest BCUT2D eigenvalue weighted by Gasteiger charge is 2.43. The summed E-state index contributed by atoms with van der Waals surface area (Å²) in [6.07, 6.45) is 0. The summed E-state index contributed by atoms with van der Waals surface area (Å²) in [5.41, 5.74) is 12.1. The van der Waals surface area contributed by atoms with Crippen molar-refractivity contribution in [3.05, 3.63) is 102 Å². The Morgan fingerprint density at radius 2 is 1.44 bits per heavy atom. The molecule has 4 aromatic carbocycles. The second kappa shape index (κ2) is 6.43. The zero-order valence-corrected chi connectivity index (χ0v) is 19.9. The monoisotopic (exact) mass is 452 g/mol. The van der Waals surface area contributed by atoms with Crippen LogP contribution >= 0.6 is 11.3 Å². The predicted octanol–water partition coefficient (Wildman–Crippen LogP) is 6.07. The number of hydrogen-bond acceptors (Lipinski definition) is 2. The Morgan fingerprint density at radius 1 is 0.706 bits per heavy atom. The van der Waals surface area contributed by atoms with Gasteiger partial charge in [-0.2, -0.15) is 0 Å². The first-order valence-electron chi connectivity index (χ1n) is 11.8. The van der Waals surface area contributed by atoms with Crippen LogP contribution in [0, 0.1) is 13.8 Å². The summed E-state index contributed by atoms with van der Waals surface area (Å²) < 4.78 is 5.31. The van der Waals surface area contributed by atoms with Gasteiger partial charge in [0.25, 0.3) is 6.71 Å². The largest absolute Gasteiger partial charge is 0.315 e. The van der Waals surface area contributed by atoms with Crippen molar-refractivity contribution in [2.75, 3.05) is 4.90 Å². The van der Waals surface area contributed by atoms with Crippen LogP contribution in [-0.4, -0.2) is 11.3 Å². The summed E-state index contributed by atoms with van der Waals surface area (Å²) in [6.45, 7) is 4.77. The highest BCUT2D eigenvalue weighted by atomic mass is 32.1. The number of anilines is 3. The first kappa shape index (κ1) is 18.6. The molecular formula is C30H21BN2S. The normalized spacial score (nSPS) is 13.5. The molecule has 2 aliphatic rings. The zero-order chi connectivity index (χ0) is 22.6. The number of benzene rings is 4. The van der Waals surface area contributed by atoms with Crippen molar-refractivity contribution in [1.82, 2.24) is 4.57 Å². The van der Waals surface area contributed by atoms with Crippen molar-refractivity contribution >= 4 is 71.8 Å². The molecule has 0 saturated carbocycles. The predicted molar refractivity (Wildman–Crippen MR) is 147 cm³/mol. The van der Waals surface area contributed by atoms with Crippen LogP contribution in [0.3, 0.4) is 0 Å². The van der Waals surface area contributed by atoms with Crippen molar-refractivity contribution in [3.8, 4) is 5.69 Å². The van der Waals surface area contributed by atoms with Gasteiger partial charge in [0.2, 0.25) is 0 Å². The topological polar surface area (TPSA) is 8.17 Å². The fourth-order valence-corrected chi connectivity index (χ4v) is 7.59. The van der Waals surface area contributed by atoms with E-state index in [1.165, 1.54) is 70.7 Å². The molecule has 34 heavy (non-hydrogen) atoms. The number of rotatable bonds is 1. The third-order valence-corrected chi connectivity index (χ3v) is 9.04. The molecule has 0 unspecified atom stereocenters. The Morgan fingerprint density at radius 3 is 2.32 bits per heavy atom. The molecule has 0 fully saturated rings. The van der Waals surface area contributed by atoms with E-state index < -0.39 is 0 Å². The average molecular weight is 452 g/mol. The van der Waals surface area contributed by atoms with E-state index in [4.69, 9.17) is 0 Å². The maximum Gasteiger partial charge on any atom is 0.264 e. The second-order valence-corrected chi connectivity index (χ2v) is 10.5. The van der Waals surface area contributed by atoms with Crippen molar-refractivity contribution < 1.29 is 0 Å². The van der Waals surface area contributed by atoms with Crippen LogP contribution in [-0.2, 0) is 0 Å². The van der Waals surface area contributed by atoms with E-state index in [1.807, 2.05) is 11.3 Å². The van der Waals surface area contributed by atoms with E-state index in [1.54, 1.807) is 0 Å².